The molecule has 1 fully saturated rings. The van der Waals surface area contributed by atoms with Crippen molar-refractivity contribution in [3.8, 4) is 6.07 Å². The summed E-state index contributed by atoms with van der Waals surface area (Å²) in [5.74, 6) is 1.16. The zero-order chi connectivity index (χ0) is 12.5. The molecule has 0 saturated heterocycles. The molecular formula is C16H23N. The molecule has 0 aromatic rings. The van der Waals surface area contributed by atoms with Crippen molar-refractivity contribution in [1.29, 1.82) is 5.26 Å². The molecule has 17 heavy (non-hydrogen) atoms. The van der Waals surface area contributed by atoms with Gasteiger partial charge in [-0.1, -0.05) is 55.7 Å². The third-order valence-corrected chi connectivity index (χ3v) is 3.24. The van der Waals surface area contributed by atoms with Crippen molar-refractivity contribution in [2.24, 2.45) is 11.8 Å². The Balaban J connectivity index is 2.35. The van der Waals surface area contributed by atoms with Crippen molar-refractivity contribution in [2.75, 3.05) is 0 Å². The smallest absolute Gasteiger partial charge is 0.0627 e. The second kappa shape index (κ2) is 7.90. The minimum atomic E-state index is 0.350. The zero-order valence-electron chi connectivity index (χ0n) is 11.0. The van der Waals surface area contributed by atoms with Gasteiger partial charge >= 0.3 is 0 Å². The van der Waals surface area contributed by atoms with Gasteiger partial charge in [-0.2, -0.15) is 5.26 Å². The summed E-state index contributed by atoms with van der Waals surface area (Å²) in [7, 11) is 0. The molecule has 0 aromatic heterocycles. The van der Waals surface area contributed by atoms with E-state index in [1.165, 1.54) is 31.3 Å². The maximum atomic E-state index is 8.54. The van der Waals surface area contributed by atoms with Crippen molar-refractivity contribution in [3.05, 3.63) is 36.0 Å². The molecule has 1 heteroatoms. The van der Waals surface area contributed by atoms with E-state index in [0.717, 1.165) is 5.92 Å². The predicted octanol–water partition coefficient (Wildman–Crippen LogP) is 4.79. The van der Waals surface area contributed by atoms with E-state index in [9.17, 15) is 0 Å². The Morgan fingerprint density at radius 1 is 1.41 bits per heavy atom. The summed E-state index contributed by atoms with van der Waals surface area (Å²) in [6, 6.07) is 2.18. The average molecular weight is 229 g/mol. The first-order chi connectivity index (χ1) is 8.22. The normalized spacial score (nSPS) is 20.2. The zero-order valence-corrected chi connectivity index (χ0v) is 11.0. The predicted molar refractivity (Wildman–Crippen MR) is 73.4 cm³/mol. The van der Waals surface area contributed by atoms with Gasteiger partial charge in [-0.25, -0.2) is 0 Å². The molecule has 1 nitrogen and oxygen atoms in total. The molecule has 92 valence electrons. The summed E-state index contributed by atoms with van der Waals surface area (Å²) in [5, 5.41) is 8.54. The van der Waals surface area contributed by atoms with E-state index in [0.29, 0.717) is 12.3 Å². The standard InChI is InChI=1S/C16H23N/c1-14(6-5-7-15(2)12-13-17)10-11-16-8-3-4-9-16/h5-7,10-11,15-16H,3-4,8-9,12H2,1-2H3/b7-5+,11-10+,14-6+. The Kier molecular flexibility index (Phi) is 6.40. The molecule has 0 spiro atoms. The number of hydrogen-bond donors (Lipinski definition) is 0. The summed E-state index contributed by atoms with van der Waals surface area (Å²) in [5.41, 5.74) is 1.29. The molecular weight excluding hydrogens is 206 g/mol. The number of hydrogen-bond acceptors (Lipinski definition) is 1. The van der Waals surface area contributed by atoms with E-state index in [-0.39, 0.29) is 0 Å². The van der Waals surface area contributed by atoms with Gasteiger partial charge in [-0.15, -0.1) is 0 Å². The Morgan fingerprint density at radius 3 is 2.76 bits per heavy atom. The molecule has 0 amide bonds. The molecule has 1 rings (SSSR count). The summed E-state index contributed by atoms with van der Waals surface area (Å²) in [4.78, 5) is 0. The molecule has 0 aliphatic heterocycles. The van der Waals surface area contributed by atoms with Gasteiger partial charge in [0, 0.05) is 6.42 Å². The third kappa shape index (κ3) is 6.12. The van der Waals surface area contributed by atoms with Gasteiger partial charge < -0.3 is 0 Å². The van der Waals surface area contributed by atoms with Crippen molar-refractivity contribution in [3.63, 3.8) is 0 Å². The molecule has 1 saturated carbocycles. The van der Waals surface area contributed by atoms with Crippen LogP contribution in [0.3, 0.4) is 0 Å². The molecule has 0 N–H and O–H groups in total. The van der Waals surface area contributed by atoms with Crippen LogP contribution >= 0.6 is 0 Å². The quantitative estimate of drug-likeness (QED) is 0.622. The Bertz CT molecular complexity index is 335. The SMILES string of the molecule is CC(/C=C/C1CCCC1)=C\C=C\C(C)CC#N. The number of rotatable bonds is 5. The van der Waals surface area contributed by atoms with Gasteiger partial charge in [0.15, 0.2) is 0 Å². The van der Waals surface area contributed by atoms with E-state index in [2.05, 4.69) is 50.3 Å². The topological polar surface area (TPSA) is 23.8 Å². The van der Waals surface area contributed by atoms with Crippen LogP contribution in [0.25, 0.3) is 0 Å². The monoisotopic (exact) mass is 229 g/mol. The van der Waals surface area contributed by atoms with Crippen LogP contribution in [0.2, 0.25) is 0 Å². The van der Waals surface area contributed by atoms with E-state index in [1.54, 1.807) is 0 Å². The Hall–Kier alpha value is -1.29. The van der Waals surface area contributed by atoms with Crippen molar-refractivity contribution in [2.45, 2.75) is 46.0 Å². The fourth-order valence-electron chi connectivity index (χ4n) is 2.10. The van der Waals surface area contributed by atoms with Crippen LogP contribution in [0.1, 0.15) is 46.0 Å². The van der Waals surface area contributed by atoms with Crippen molar-refractivity contribution >= 4 is 0 Å². The molecule has 0 radical (unpaired) electrons. The van der Waals surface area contributed by atoms with Gasteiger partial charge in [0.25, 0.3) is 0 Å². The van der Waals surface area contributed by atoms with Crippen LogP contribution in [0.5, 0.6) is 0 Å². The maximum absolute atomic E-state index is 8.54. The van der Waals surface area contributed by atoms with Gasteiger partial charge in [-0.3, -0.25) is 0 Å². The molecule has 1 aliphatic carbocycles. The minimum absolute atomic E-state index is 0.350. The Morgan fingerprint density at radius 2 is 2.12 bits per heavy atom. The summed E-state index contributed by atoms with van der Waals surface area (Å²) in [6.07, 6.45) is 17.0. The van der Waals surface area contributed by atoms with E-state index in [4.69, 9.17) is 5.26 Å². The van der Waals surface area contributed by atoms with E-state index >= 15 is 0 Å². The van der Waals surface area contributed by atoms with Crippen LogP contribution < -0.4 is 0 Å². The lowest BCUT2D eigenvalue weighted by molar-refractivity contribution is 0.685. The lowest BCUT2D eigenvalue weighted by atomic mass is 10.1. The third-order valence-electron chi connectivity index (χ3n) is 3.24. The highest BCUT2D eigenvalue weighted by Crippen LogP contribution is 2.25. The van der Waals surface area contributed by atoms with Gasteiger partial charge in [0.1, 0.15) is 0 Å². The molecule has 0 bridgehead atoms. The number of allylic oxidation sites excluding steroid dienone is 6. The van der Waals surface area contributed by atoms with Gasteiger partial charge in [0.2, 0.25) is 0 Å². The van der Waals surface area contributed by atoms with Crippen molar-refractivity contribution in [1.82, 2.24) is 0 Å². The van der Waals surface area contributed by atoms with E-state index in [1.807, 2.05) is 0 Å². The number of nitrogens with zero attached hydrogens (tertiary/aromatic N) is 1. The fourth-order valence-corrected chi connectivity index (χ4v) is 2.10. The van der Waals surface area contributed by atoms with Crippen molar-refractivity contribution < 1.29 is 0 Å². The van der Waals surface area contributed by atoms with Crippen LogP contribution in [0.4, 0.5) is 0 Å². The average Bonchev–Trinajstić information content (AvgIpc) is 2.79. The number of nitriles is 1. The first kappa shape index (κ1) is 13.8. The molecule has 0 aromatic carbocycles. The summed E-state index contributed by atoms with van der Waals surface area (Å²) < 4.78 is 0. The lowest BCUT2D eigenvalue weighted by Crippen LogP contribution is -1.86. The second-order valence-electron chi connectivity index (χ2n) is 5.04. The molecule has 1 aliphatic rings. The molecule has 1 atom stereocenters. The highest BCUT2D eigenvalue weighted by atomic mass is 14.2. The first-order valence-electron chi connectivity index (χ1n) is 6.62. The summed E-state index contributed by atoms with van der Waals surface area (Å²) >= 11 is 0. The largest absolute Gasteiger partial charge is 0.198 e. The summed E-state index contributed by atoms with van der Waals surface area (Å²) in [6.45, 7) is 4.20. The van der Waals surface area contributed by atoms with Gasteiger partial charge in [0.05, 0.1) is 6.07 Å². The van der Waals surface area contributed by atoms with Crippen LogP contribution in [-0.4, -0.2) is 0 Å². The minimum Gasteiger partial charge on any atom is -0.198 e. The van der Waals surface area contributed by atoms with E-state index < -0.39 is 0 Å². The maximum Gasteiger partial charge on any atom is 0.0627 e. The van der Waals surface area contributed by atoms with Crippen LogP contribution in [-0.2, 0) is 0 Å². The highest BCUT2D eigenvalue weighted by molar-refractivity contribution is 5.22. The van der Waals surface area contributed by atoms with Gasteiger partial charge in [-0.05, 0) is 31.6 Å². The molecule has 0 heterocycles. The highest BCUT2D eigenvalue weighted by Gasteiger charge is 2.10. The van der Waals surface area contributed by atoms with Crippen LogP contribution in [0.15, 0.2) is 36.0 Å². The second-order valence-corrected chi connectivity index (χ2v) is 5.04. The fraction of sp³-hybridized carbons (Fsp3) is 0.562. The Labute approximate surface area is 106 Å². The first-order valence-corrected chi connectivity index (χ1v) is 6.62. The lowest BCUT2D eigenvalue weighted by Gasteiger charge is -2.00. The van der Waals surface area contributed by atoms with Crippen LogP contribution in [0, 0.1) is 23.2 Å². The molecule has 1 unspecified atom stereocenters.